The smallest absolute Gasteiger partial charge is 0.185 e. The highest BCUT2D eigenvalue weighted by atomic mass is 19.1. The van der Waals surface area contributed by atoms with Crippen LogP contribution >= 0.6 is 0 Å². The Labute approximate surface area is 102 Å². The van der Waals surface area contributed by atoms with Crippen molar-refractivity contribution in [3.05, 3.63) is 53.2 Å². The first kappa shape index (κ1) is 12.0. The van der Waals surface area contributed by atoms with Gasteiger partial charge in [0.1, 0.15) is 30.2 Å². The molecule has 0 saturated heterocycles. The SMILES string of the molecule is O=Cc1cc(F)cc(OCc2ccc(C=O)o2)c1. The minimum Gasteiger partial charge on any atom is -0.486 e. The first-order valence-corrected chi connectivity index (χ1v) is 5.14. The van der Waals surface area contributed by atoms with Crippen molar-refractivity contribution in [2.45, 2.75) is 6.61 Å². The summed E-state index contributed by atoms with van der Waals surface area (Å²) in [4.78, 5) is 20.9. The molecule has 0 atom stereocenters. The molecule has 18 heavy (non-hydrogen) atoms. The molecule has 0 unspecified atom stereocenters. The van der Waals surface area contributed by atoms with Crippen LogP contribution in [0.15, 0.2) is 34.7 Å². The molecule has 0 saturated carbocycles. The second kappa shape index (κ2) is 5.27. The van der Waals surface area contributed by atoms with Crippen molar-refractivity contribution in [3.8, 4) is 5.75 Å². The third-order valence-electron chi connectivity index (χ3n) is 2.21. The summed E-state index contributed by atoms with van der Waals surface area (Å²) in [5, 5.41) is 0. The summed E-state index contributed by atoms with van der Waals surface area (Å²) >= 11 is 0. The van der Waals surface area contributed by atoms with Gasteiger partial charge in [-0.25, -0.2) is 4.39 Å². The number of aldehydes is 2. The molecule has 5 heteroatoms. The minimum absolute atomic E-state index is 0.0512. The molecule has 0 aliphatic carbocycles. The fraction of sp³-hybridized carbons (Fsp3) is 0.0769. The van der Waals surface area contributed by atoms with Crippen molar-refractivity contribution in [2.24, 2.45) is 0 Å². The van der Waals surface area contributed by atoms with E-state index in [9.17, 15) is 14.0 Å². The van der Waals surface area contributed by atoms with Gasteiger partial charge in [-0.3, -0.25) is 9.59 Å². The molecule has 1 heterocycles. The maximum Gasteiger partial charge on any atom is 0.185 e. The summed E-state index contributed by atoms with van der Waals surface area (Å²) < 4.78 is 23.4. The van der Waals surface area contributed by atoms with Gasteiger partial charge in [0, 0.05) is 11.6 Å². The van der Waals surface area contributed by atoms with Crippen molar-refractivity contribution in [2.75, 3.05) is 0 Å². The monoisotopic (exact) mass is 248 g/mol. The third kappa shape index (κ3) is 2.82. The van der Waals surface area contributed by atoms with Crippen LogP contribution in [0, 0.1) is 5.82 Å². The Morgan fingerprint density at radius 2 is 2.00 bits per heavy atom. The predicted molar refractivity (Wildman–Crippen MR) is 60.2 cm³/mol. The zero-order valence-electron chi connectivity index (χ0n) is 9.26. The van der Waals surface area contributed by atoms with Crippen LogP contribution in [0.5, 0.6) is 5.75 Å². The molecule has 0 bridgehead atoms. The molecule has 2 aromatic rings. The standard InChI is InChI=1S/C13H9FO4/c14-10-3-9(6-15)4-13(5-10)17-8-12-2-1-11(7-16)18-12/h1-7H,8H2. The summed E-state index contributed by atoms with van der Waals surface area (Å²) in [6, 6.07) is 6.78. The van der Waals surface area contributed by atoms with Gasteiger partial charge in [0.15, 0.2) is 12.0 Å². The Morgan fingerprint density at radius 1 is 1.17 bits per heavy atom. The average Bonchev–Trinajstić information content (AvgIpc) is 2.83. The van der Waals surface area contributed by atoms with E-state index in [1.165, 1.54) is 12.1 Å². The van der Waals surface area contributed by atoms with E-state index in [1.54, 1.807) is 6.07 Å². The lowest BCUT2D eigenvalue weighted by Crippen LogP contribution is -1.95. The lowest BCUT2D eigenvalue weighted by atomic mass is 10.2. The van der Waals surface area contributed by atoms with E-state index in [0.717, 1.165) is 12.1 Å². The quantitative estimate of drug-likeness (QED) is 0.763. The highest BCUT2D eigenvalue weighted by molar-refractivity contribution is 5.75. The van der Waals surface area contributed by atoms with Gasteiger partial charge in [0.2, 0.25) is 0 Å². The number of hydrogen-bond acceptors (Lipinski definition) is 4. The number of benzene rings is 1. The summed E-state index contributed by atoms with van der Waals surface area (Å²) in [7, 11) is 0. The van der Waals surface area contributed by atoms with Crippen LogP contribution in [-0.2, 0) is 6.61 Å². The molecule has 1 aromatic carbocycles. The Morgan fingerprint density at radius 3 is 2.67 bits per heavy atom. The molecular weight excluding hydrogens is 239 g/mol. The summed E-state index contributed by atoms with van der Waals surface area (Å²) in [5.74, 6) is 0.305. The van der Waals surface area contributed by atoms with Crippen molar-refractivity contribution in [1.82, 2.24) is 0 Å². The topological polar surface area (TPSA) is 56.5 Å². The second-order valence-corrected chi connectivity index (χ2v) is 3.55. The number of carbonyl (C=O) groups excluding carboxylic acids is 2. The largest absolute Gasteiger partial charge is 0.486 e. The number of carbonyl (C=O) groups is 2. The highest BCUT2D eigenvalue weighted by Crippen LogP contribution is 2.17. The normalized spacial score (nSPS) is 10.1. The maximum atomic E-state index is 13.1. The van der Waals surface area contributed by atoms with E-state index in [4.69, 9.17) is 9.15 Å². The zero-order valence-corrected chi connectivity index (χ0v) is 9.26. The fourth-order valence-corrected chi connectivity index (χ4v) is 1.43. The molecule has 0 spiro atoms. The molecule has 1 aromatic heterocycles. The van der Waals surface area contributed by atoms with Gasteiger partial charge in [-0.1, -0.05) is 0 Å². The van der Waals surface area contributed by atoms with Crippen molar-refractivity contribution >= 4 is 12.6 Å². The molecule has 4 nitrogen and oxygen atoms in total. The van der Waals surface area contributed by atoms with Crippen molar-refractivity contribution < 1.29 is 23.1 Å². The number of halogens is 1. The molecular formula is C13H9FO4. The highest BCUT2D eigenvalue weighted by Gasteiger charge is 2.04. The number of rotatable bonds is 5. The van der Waals surface area contributed by atoms with Crippen LogP contribution in [-0.4, -0.2) is 12.6 Å². The molecule has 0 aliphatic rings. The van der Waals surface area contributed by atoms with Gasteiger partial charge >= 0.3 is 0 Å². The van der Waals surface area contributed by atoms with Crippen LogP contribution in [0.2, 0.25) is 0 Å². The number of furan rings is 1. The Bertz CT molecular complexity index is 574. The first-order chi connectivity index (χ1) is 8.71. The van der Waals surface area contributed by atoms with Crippen LogP contribution in [0.25, 0.3) is 0 Å². The number of ether oxygens (including phenoxy) is 1. The molecule has 2 rings (SSSR count). The van der Waals surface area contributed by atoms with Crippen LogP contribution in [0.4, 0.5) is 4.39 Å². The van der Waals surface area contributed by atoms with Gasteiger partial charge in [-0.15, -0.1) is 0 Å². The van der Waals surface area contributed by atoms with E-state index in [-0.39, 0.29) is 23.7 Å². The van der Waals surface area contributed by atoms with Crippen LogP contribution in [0.3, 0.4) is 0 Å². The predicted octanol–water partition coefficient (Wildman–Crippen LogP) is 2.62. The van der Waals surface area contributed by atoms with Crippen LogP contribution in [0.1, 0.15) is 26.7 Å². The first-order valence-electron chi connectivity index (χ1n) is 5.14. The molecule has 0 N–H and O–H groups in total. The van der Waals surface area contributed by atoms with E-state index in [1.807, 2.05) is 0 Å². The number of hydrogen-bond donors (Lipinski definition) is 0. The third-order valence-corrected chi connectivity index (χ3v) is 2.21. The van der Waals surface area contributed by atoms with Gasteiger partial charge in [0.25, 0.3) is 0 Å². The lowest BCUT2D eigenvalue weighted by Gasteiger charge is -2.04. The zero-order chi connectivity index (χ0) is 13.0. The molecule has 0 radical (unpaired) electrons. The average molecular weight is 248 g/mol. The van der Waals surface area contributed by atoms with E-state index in [0.29, 0.717) is 18.3 Å². The van der Waals surface area contributed by atoms with Crippen molar-refractivity contribution in [3.63, 3.8) is 0 Å². The van der Waals surface area contributed by atoms with Gasteiger partial charge in [0.05, 0.1) is 0 Å². The Balaban J connectivity index is 2.07. The van der Waals surface area contributed by atoms with Gasteiger partial charge < -0.3 is 9.15 Å². The van der Waals surface area contributed by atoms with E-state index < -0.39 is 5.82 Å². The van der Waals surface area contributed by atoms with Gasteiger partial charge in [-0.05, 0) is 24.3 Å². The van der Waals surface area contributed by atoms with E-state index in [2.05, 4.69) is 0 Å². The van der Waals surface area contributed by atoms with Crippen LogP contribution < -0.4 is 4.74 Å². The Hall–Kier alpha value is -2.43. The summed E-state index contributed by atoms with van der Waals surface area (Å²) in [6.07, 6.45) is 1.11. The lowest BCUT2D eigenvalue weighted by molar-refractivity contribution is 0.109. The van der Waals surface area contributed by atoms with Crippen molar-refractivity contribution in [1.29, 1.82) is 0 Å². The fourth-order valence-electron chi connectivity index (χ4n) is 1.43. The Kier molecular flexibility index (Phi) is 3.52. The molecule has 0 amide bonds. The summed E-state index contributed by atoms with van der Waals surface area (Å²) in [5.41, 5.74) is 0.193. The second-order valence-electron chi connectivity index (χ2n) is 3.55. The maximum absolute atomic E-state index is 13.1. The van der Waals surface area contributed by atoms with Gasteiger partial charge in [-0.2, -0.15) is 0 Å². The molecule has 0 fully saturated rings. The molecule has 0 aliphatic heterocycles. The minimum atomic E-state index is -0.553. The molecule has 92 valence electrons. The van der Waals surface area contributed by atoms with E-state index >= 15 is 0 Å². The summed E-state index contributed by atoms with van der Waals surface area (Å²) in [6.45, 7) is 0.0512.